The van der Waals surface area contributed by atoms with Crippen LogP contribution in [0, 0.1) is 5.92 Å². The molecule has 2 aliphatic rings. The lowest BCUT2D eigenvalue weighted by Gasteiger charge is -2.48. The fourth-order valence-electron chi connectivity index (χ4n) is 3.29. The van der Waals surface area contributed by atoms with E-state index in [9.17, 15) is 0 Å². The van der Waals surface area contributed by atoms with Crippen LogP contribution in [0.4, 0.5) is 0 Å². The van der Waals surface area contributed by atoms with Crippen molar-refractivity contribution in [1.82, 2.24) is 0 Å². The summed E-state index contributed by atoms with van der Waals surface area (Å²) in [6.45, 7) is 12.2. The van der Waals surface area contributed by atoms with E-state index >= 15 is 0 Å². The van der Waals surface area contributed by atoms with Crippen molar-refractivity contribution in [3.05, 3.63) is 25.7 Å². The van der Waals surface area contributed by atoms with Gasteiger partial charge in [0.1, 0.15) is 11.2 Å². The Morgan fingerprint density at radius 1 is 1.11 bits per heavy atom. The second-order valence-electron chi connectivity index (χ2n) is 6.03. The van der Waals surface area contributed by atoms with Gasteiger partial charge in [-0.3, -0.25) is 0 Å². The Morgan fingerprint density at radius 3 is 2.44 bits per heavy atom. The van der Waals surface area contributed by atoms with Crippen molar-refractivity contribution in [2.24, 2.45) is 5.92 Å². The summed E-state index contributed by atoms with van der Waals surface area (Å²) >= 11 is 0. The molecule has 1 heterocycles. The number of hydrogen-bond donors (Lipinski definition) is 0. The van der Waals surface area contributed by atoms with Gasteiger partial charge in [0.2, 0.25) is 0 Å². The first-order valence-electron chi connectivity index (χ1n) is 6.69. The maximum atomic E-state index is 6.00. The molecule has 3 heteroatoms. The molecule has 4 unspecified atom stereocenters. The van der Waals surface area contributed by atoms with Crippen LogP contribution < -0.4 is 0 Å². The first-order valence-corrected chi connectivity index (χ1v) is 6.69. The summed E-state index contributed by atoms with van der Waals surface area (Å²) in [5.41, 5.74) is -0.327. The molecule has 0 N–H and O–H groups in total. The Bertz CT molecular complexity index is 296. The lowest BCUT2D eigenvalue weighted by molar-refractivity contribution is -0.178. The largest absolute Gasteiger partial charge is 0.496 e. The van der Waals surface area contributed by atoms with E-state index in [1.807, 2.05) is 0 Å². The molecule has 0 aromatic carbocycles. The van der Waals surface area contributed by atoms with Crippen molar-refractivity contribution in [2.45, 2.75) is 56.8 Å². The van der Waals surface area contributed by atoms with Gasteiger partial charge in [0.05, 0.1) is 25.2 Å². The van der Waals surface area contributed by atoms with Gasteiger partial charge in [-0.15, -0.1) is 0 Å². The highest BCUT2D eigenvalue weighted by Crippen LogP contribution is 2.43. The number of fused-ring (bicyclic) bond motifs is 1. The van der Waals surface area contributed by atoms with Crippen LogP contribution in [0.25, 0.3) is 0 Å². The van der Waals surface area contributed by atoms with Crippen LogP contribution >= 0.6 is 0 Å². The van der Waals surface area contributed by atoms with E-state index < -0.39 is 0 Å². The van der Waals surface area contributed by atoms with Crippen LogP contribution in [0.15, 0.2) is 25.7 Å². The standard InChI is InChI=1S/C15H24O3/c1-5-17-14(3)8-7-12-9-15(4,18-6-2)11-16-13(12)10-14/h5-6,12-13H,1-2,7-11H2,3-4H3. The Morgan fingerprint density at radius 2 is 1.78 bits per heavy atom. The summed E-state index contributed by atoms with van der Waals surface area (Å²) < 4.78 is 17.3. The van der Waals surface area contributed by atoms with Gasteiger partial charge in [-0.2, -0.15) is 0 Å². The minimum absolute atomic E-state index is 0.115. The second-order valence-corrected chi connectivity index (χ2v) is 6.03. The Hall–Kier alpha value is -0.960. The van der Waals surface area contributed by atoms with E-state index in [0.717, 1.165) is 25.7 Å². The van der Waals surface area contributed by atoms with Crippen molar-refractivity contribution < 1.29 is 14.2 Å². The molecular weight excluding hydrogens is 228 g/mol. The Balaban J connectivity index is 1.99. The lowest BCUT2D eigenvalue weighted by atomic mass is 9.72. The topological polar surface area (TPSA) is 27.7 Å². The molecule has 0 bridgehead atoms. The van der Waals surface area contributed by atoms with Gasteiger partial charge >= 0.3 is 0 Å². The molecule has 1 aliphatic carbocycles. The minimum atomic E-state index is -0.212. The van der Waals surface area contributed by atoms with Gasteiger partial charge in [-0.05, 0) is 39.0 Å². The maximum absolute atomic E-state index is 6.00. The molecular formula is C15H24O3. The summed E-state index contributed by atoms with van der Waals surface area (Å²) in [5.74, 6) is 0.560. The fraction of sp³-hybridized carbons (Fsp3) is 0.733. The van der Waals surface area contributed by atoms with Crippen molar-refractivity contribution in [1.29, 1.82) is 0 Å². The number of hydrogen-bond acceptors (Lipinski definition) is 3. The van der Waals surface area contributed by atoms with Crippen molar-refractivity contribution in [3.8, 4) is 0 Å². The Kier molecular flexibility index (Phi) is 3.71. The minimum Gasteiger partial charge on any atom is -0.496 e. The van der Waals surface area contributed by atoms with Crippen LogP contribution in [0.3, 0.4) is 0 Å². The molecule has 0 spiro atoms. The van der Waals surface area contributed by atoms with Crippen LogP contribution in [0.2, 0.25) is 0 Å². The molecule has 3 nitrogen and oxygen atoms in total. The van der Waals surface area contributed by atoms with Gasteiger partial charge in [0.15, 0.2) is 0 Å². The SMILES string of the molecule is C=COC1(C)COC2CC(C)(OC=C)CCC2C1. The van der Waals surface area contributed by atoms with Crippen molar-refractivity contribution in [3.63, 3.8) is 0 Å². The third kappa shape index (κ3) is 2.72. The fourth-order valence-corrected chi connectivity index (χ4v) is 3.29. The summed E-state index contributed by atoms with van der Waals surface area (Å²) in [6, 6.07) is 0. The summed E-state index contributed by atoms with van der Waals surface area (Å²) in [4.78, 5) is 0. The second kappa shape index (κ2) is 4.96. The first-order chi connectivity index (χ1) is 8.50. The smallest absolute Gasteiger partial charge is 0.129 e. The monoisotopic (exact) mass is 252 g/mol. The van der Waals surface area contributed by atoms with E-state index in [-0.39, 0.29) is 17.3 Å². The summed E-state index contributed by atoms with van der Waals surface area (Å²) in [5, 5.41) is 0. The molecule has 4 atom stereocenters. The lowest BCUT2D eigenvalue weighted by Crippen LogP contribution is -2.51. The predicted molar refractivity (Wildman–Crippen MR) is 71.1 cm³/mol. The molecule has 1 aliphatic heterocycles. The highest BCUT2D eigenvalue weighted by molar-refractivity contribution is 4.97. The van der Waals surface area contributed by atoms with Crippen LogP contribution in [-0.4, -0.2) is 23.9 Å². The van der Waals surface area contributed by atoms with Crippen LogP contribution in [0.5, 0.6) is 0 Å². The van der Waals surface area contributed by atoms with E-state index in [0.29, 0.717) is 12.5 Å². The first kappa shape index (κ1) is 13.5. The molecule has 0 amide bonds. The molecule has 1 saturated heterocycles. The summed E-state index contributed by atoms with van der Waals surface area (Å²) in [6.07, 6.45) is 7.50. The average Bonchev–Trinajstić information content (AvgIpc) is 2.30. The van der Waals surface area contributed by atoms with Crippen molar-refractivity contribution >= 4 is 0 Å². The molecule has 18 heavy (non-hydrogen) atoms. The van der Waals surface area contributed by atoms with Gasteiger partial charge in [0.25, 0.3) is 0 Å². The maximum Gasteiger partial charge on any atom is 0.129 e. The van der Waals surface area contributed by atoms with E-state index in [1.165, 1.54) is 6.26 Å². The molecule has 102 valence electrons. The van der Waals surface area contributed by atoms with E-state index in [1.54, 1.807) is 6.26 Å². The zero-order chi connectivity index (χ0) is 13.2. The summed E-state index contributed by atoms with van der Waals surface area (Å²) in [7, 11) is 0. The number of ether oxygens (including phenoxy) is 3. The molecule has 1 saturated carbocycles. The quantitative estimate of drug-likeness (QED) is 0.718. The number of rotatable bonds is 4. The van der Waals surface area contributed by atoms with Gasteiger partial charge < -0.3 is 14.2 Å². The average molecular weight is 252 g/mol. The van der Waals surface area contributed by atoms with E-state index in [4.69, 9.17) is 14.2 Å². The van der Waals surface area contributed by atoms with Crippen LogP contribution in [0.1, 0.15) is 39.5 Å². The van der Waals surface area contributed by atoms with E-state index in [2.05, 4.69) is 27.0 Å². The highest BCUT2D eigenvalue weighted by atomic mass is 16.5. The highest BCUT2D eigenvalue weighted by Gasteiger charge is 2.46. The Labute approximate surface area is 110 Å². The third-order valence-corrected chi connectivity index (χ3v) is 4.24. The molecule has 2 rings (SSSR count). The van der Waals surface area contributed by atoms with Gasteiger partial charge in [0, 0.05) is 6.42 Å². The predicted octanol–water partition coefficient (Wildman–Crippen LogP) is 3.41. The normalized spacial score (nSPS) is 43.7. The third-order valence-electron chi connectivity index (χ3n) is 4.24. The molecule has 0 aromatic rings. The molecule has 0 aromatic heterocycles. The van der Waals surface area contributed by atoms with Crippen LogP contribution in [-0.2, 0) is 14.2 Å². The van der Waals surface area contributed by atoms with Crippen molar-refractivity contribution in [2.75, 3.05) is 6.61 Å². The van der Waals surface area contributed by atoms with Gasteiger partial charge in [-0.25, -0.2) is 0 Å². The zero-order valence-electron chi connectivity index (χ0n) is 11.5. The molecule has 2 fully saturated rings. The molecule has 0 radical (unpaired) electrons. The zero-order valence-corrected chi connectivity index (χ0v) is 11.5. The van der Waals surface area contributed by atoms with Gasteiger partial charge in [-0.1, -0.05) is 13.2 Å².